The van der Waals surface area contributed by atoms with E-state index in [9.17, 15) is 18.0 Å². The molecule has 0 fully saturated rings. The molecule has 32 heavy (non-hydrogen) atoms. The van der Waals surface area contributed by atoms with Crippen molar-refractivity contribution >= 4 is 21.8 Å². The van der Waals surface area contributed by atoms with Gasteiger partial charge in [0.15, 0.2) is 0 Å². The van der Waals surface area contributed by atoms with Crippen LogP contribution in [0, 0.1) is 13.8 Å². The van der Waals surface area contributed by atoms with Crippen LogP contribution in [-0.4, -0.2) is 55.6 Å². The number of amides is 2. The first-order chi connectivity index (χ1) is 15.1. The summed E-state index contributed by atoms with van der Waals surface area (Å²) < 4.78 is 26.9. The Morgan fingerprint density at radius 2 is 1.50 bits per heavy atom. The van der Waals surface area contributed by atoms with Crippen molar-refractivity contribution in [3.63, 3.8) is 0 Å². The van der Waals surface area contributed by atoms with Crippen LogP contribution in [0.5, 0.6) is 0 Å². The number of benzene rings is 2. The van der Waals surface area contributed by atoms with Gasteiger partial charge < -0.3 is 10.2 Å². The zero-order chi connectivity index (χ0) is 23.9. The molecule has 2 rings (SSSR count). The molecule has 0 heterocycles. The summed E-state index contributed by atoms with van der Waals surface area (Å²) in [6, 6.07) is 13.4. The van der Waals surface area contributed by atoms with Crippen molar-refractivity contribution in [3.8, 4) is 0 Å². The Morgan fingerprint density at radius 1 is 0.969 bits per heavy atom. The lowest BCUT2D eigenvalue weighted by Gasteiger charge is -2.30. The molecule has 0 radical (unpaired) electrons. The van der Waals surface area contributed by atoms with Gasteiger partial charge in [-0.25, -0.2) is 8.42 Å². The summed E-state index contributed by atoms with van der Waals surface area (Å²) in [4.78, 5) is 27.4. The number of carbonyl (C=O) groups excluding carboxylic acids is 2. The van der Waals surface area contributed by atoms with E-state index in [2.05, 4.69) is 5.32 Å². The zero-order valence-electron chi connectivity index (χ0n) is 19.5. The lowest BCUT2D eigenvalue weighted by molar-refractivity contribution is -0.140. The molecule has 0 aliphatic heterocycles. The van der Waals surface area contributed by atoms with Crippen LogP contribution in [0.1, 0.15) is 37.0 Å². The van der Waals surface area contributed by atoms with Crippen LogP contribution in [0.25, 0.3) is 0 Å². The molecule has 0 aliphatic rings. The molecular formula is C24H33N3O4S. The highest BCUT2D eigenvalue weighted by Crippen LogP contribution is 2.17. The second kappa shape index (κ2) is 11.2. The van der Waals surface area contributed by atoms with Crippen LogP contribution in [0.4, 0.5) is 0 Å². The average Bonchev–Trinajstić information content (AvgIpc) is 2.76. The maximum atomic E-state index is 13.2. The lowest BCUT2D eigenvalue weighted by Crippen LogP contribution is -2.50. The predicted molar refractivity (Wildman–Crippen MR) is 125 cm³/mol. The highest BCUT2D eigenvalue weighted by molar-refractivity contribution is 7.89. The molecule has 2 aromatic rings. The Labute approximate surface area is 191 Å². The SMILES string of the molecule is CCCNC(=O)C(C)N(Cc1ccc(C)cc1)C(=O)CN(C)S(=O)(=O)c1ccc(C)cc1. The summed E-state index contributed by atoms with van der Waals surface area (Å²) in [7, 11) is -2.46. The molecule has 0 saturated carbocycles. The van der Waals surface area contributed by atoms with Crippen LogP contribution in [-0.2, 0) is 26.2 Å². The smallest absolute Gasteiger partial charge is 0.243 e. The fourth-order valence-electron chi connectivity index (χ4n) is 3.13. The Balaban J connectivity index is 2.24. The minimum absolute atomic E-state index is 0.122. The van der Waals surface area contributed by atoms with Gasteiger partial charge >= 0.3 is 0 Å². The maximum Gasteiger partial charge on any atom is 0.243 e. The van der Waals surface area contributed by atoms with Gasteiger partial charge in [-0.3, -0.25) is 9.59 Å². The molecule has 0 saturated heterocycles. The third-order valence-corrected chi connectivity index (χ3v) is 7.09. The first kappa shape index (κ1) is 25.5. The number of hydrogen-bond acceptors (Lipinski definition) is 4. The average molecular weight is 460 g/mol. The number of aryl methyl sites for hydroxylation is 2. The first-order valence-corrected chi connectivity index (χ1v) is 12.2. The summed E-state index contributed by atoms with van der Waals surface area (Å²) in [5.74, 6) is -0.709. The van der Waals surface area contributed by atoms with E-state index in [0.29, 0.717) is 6.54 Å². The van der Waals surface area contributed by atoms with Gasteiger partial charge in [-0.15, -0.1) is 0 Å². The zero-order valence-corrected chi connectivity index (χ0v) is 20.3. The molecule has 8 heteroatoms. The Hall–Kier alpha value is -2.71. The van der Waals surface area contributed by atoms with Crippen molar-refractivity contribution in [2.45, 2.75) is 51.6 Å². The lowest BCUT2D eigenvalue weighted by atomic mass is 10.1. The molecule has 7 nitrogen and oxygen atoms in total. The van der Waals surface area contributed by atoms with Gasteiger partial charge in [0.25, 0.3) is 0 Å². The van der Waals surface area contributed by atoms with E-state index < -0.39 is 22.0 Å². The van der Waals surface area contributed by atoms with Crippen molar-refractivity contribution in [2.75, 3.05) is 20.1 Å². The highest BCUT2D eigenvalue weighted by Gasteiger charge is 2.30. The largest absolute Gasteiger partial charge is 0.354 e. The van der Waals surface area contributed by atoms with Crippen molar-refractivity contribution in [2.24, 2.45) is 0 Å². The minimum atomic E-state index is -3.84. The van der Waals surface area contributed by atoms with Gasteiger partial charge in [-0.1, -0.05) is 54.4 Å². The van der Waals surface area contributed by atoms with Crippen LogP contribution in [0.2, 0.25) is 0 Å². The third kappa shape index (κ3) is 6.64. The Kier molecular flexibility index (Phi) is 8.98. The van der Waals surface area contributed by atoms with E-state index >= 15 is 0 Å². The summed E-state index contributed by atoms with van der Waals surface area (Å²) in [5, 5.41) is 2.81. The fourth-order valence-corrected chi connectivity index (χ4v) is 4.25. The third-order valence-electron chi connectivity index (χ3n) is 5.28. The summed E-state index contributed by atoms with van der Waals surface area (Å²) in [6.45, 7) is 7.80. The molecule has 2 amide bonds. The molecule has 0 aliphatic carbocycles. The highest BCUT2D eigenvalue weighted by atomic mass is 32.2. The summed E-state index contributed by atoms with van der Waals surface area (Å²) in [5.41, 5.74) is 2.89. The predicted octanol–water partition coefficient (Wildman–Crippen LogP) is 2.87. The topological polar surface area (TPSA) is 86.8 Å². The summed E-state index contributed by atoms with van der Waals surface area (Å²) >= 11 is 0. The molecular weight excluding hydrogens is 426 g/mol. The van der Waals surface area contributed by atoms with Crippen molar-refractivity contribution < 1.29 is 18.0 Å². The van der Waals surface area contributed by atoms with Crippen LogP contribution >= 0.6 is 0 Å². The minimum Gasteiger partial charge on any atom is -0.354 e. The molecule has 174 valence electrons. The van der Waals surface area contributed by atoms with Gasteiger partial charge in [0.1, 0.15) is 6.04 Å². The van der Waals surface area contributed by atoms with E-state index in [1.54, 1.807) is 19.1 Å². The van der Waals surface area contributed by atoms with Crippen molar-refractivity contribution in [1.29, 1.82) is 0 Å². The van der Waals surface area contributed by atoms with Gasteiger partial charge in [0.05, 0.1) is 11.4 Å². The number of nitrogens with zero attached hydrogens (tertiary/aromatic N) is 2. The number of carbonyl (C=O) groups is 2. The Morgan fingerprint density at radius 3 is 2.03 bits per heavy atom. The van der Waals surface area contributed by atoms with Crippen LogP contribution < -0.4 is 5.32 Å². The molecule has 1 atom stereocenters. The van der Waals surface area contributed by atoms with E-state index in [1.165, 1.54) is 24.1 Å². The molecule has 0 spiro atoms. The monoisotopic (exact) mass is 459 g/mol. The molecule has 1 unspecified atom stereocenters. The second-order valence-corrected chi connectivity index (χ2v) is 10.1. The summed E-state index contributed by atoms with van der Waals surface area (Å²) in [6.07, 6.45) is 0.780. The fraction of sp³-hybridized carbons (Fsp3) is 0.417. The second-order valence-electron chi connectivity index (χ2n) is 8.05. The first-order valence-electron chi connectivity index (χ1n) is 10.7. The quantitative estimate of drug-likeness (QED) is 0.592. The Bertz CT molecular complexity index is 1020. The van der Waals surface area contributed by atoms with Crippen molar-refractivity contribution in [1.82, 2.24) is 14.5 Å². The maximum absolute atomic E-state index is 13.2. The van der Waals surface area contributed by atoms with E-state index in [1.807, 2.05) is 45.0 Å². The normalized spacial score (nSPS) is 12.4. The van der Waals surface area contributed by atoms with Gasteiger partial charge in [0, 0.05) is 20.1 Å². The number of likely N-dealkylation sites (N-methyl/N-ethyl adjacent to an activating group) is 1. The number of rotatable bonds is 10. The number of nitrogens with one attached hydrogen (secondary N) is 1. The van der Waals surface area contributed by atoms with Crippen molar-refractivity contribution in [3.05, 3.63) is 65.2 Å². The van der Waals surface area contributed by atoms with E-state index in [0.717, 1.165) is 27.4 Å². The van der Waals surface area contributed by atoms with Gasteiger partial charge in [-0.2, -0.15) is 4.31 Å². The molecule has 1 N–H and O–H groups in total. The van der Waals surface area contributed by atoms with Crippen LogP contribution in [0.3, 0.4) is 0 Å². The molecule has 0 bridgehead atoms. The molecule has 0 aromatic heterocycles. The van der Waals surface area contributed by atoms with E-state index in [-0.39, 0.29) is 23.9 Å². The van der Waals surface area contributed by atoms with Crippen LogP contribution in [0.15, 0.2) is 53.4 Å². The van der Waals surface area contributed by atoms with E-state index in [4.69, 9.17) is 0 Å². The molecule has 2 aromatic carbocycles. The standard InChI is InChI=1S/C24H33N3O4S/c1-6-15-25-24(29)20(4)27(16-21-11-7-18(2)8-12-21)23(28)17-26(5)32(30,31)22-13-9-19(3)10-14-22/h7-14,20H,6,15-17H2,1-5H3,(H,25,29). The number of sulfonamides is 1. The van der Waals surface area contributed by atoms with Gasteiger partial charge in [0.2, 0.25) is 21.8 Å². The van der Waals surface area contributed by atoms with Gasteiger partial charge in [-0.05, 0) is 44.9 Å². The number of hydrogen-bond donors (Lipinski definition) is 1.